The summed E-state index contributed by atoms with van der Waals surface area (Å²) in [7, 11) is 0. The predicted octanol–water partition coefficient (Wildman–Crippen LogP) is 4.39. The molecular formula is C15H12Cl2O2. The van der Waals surface area contributed by atoms with Gasteiger partial charge in [0.25, 0.3) is 0 Å². The minimum Gasteiger partial charge on any atom is -0.462 e. The molecule has 2 aromatic rings. The number of esters is 1. The Bertz CT molecular complexity index is 582. The first kappa shape index (κ1) is 13.9. The molecule has 0 spiro atoms. The van der Waals surface area contributed by atoms with Gasteiger partial charge in [0, 0.05) is 16.5 Å². The highest BCUT2D eigenvalue weighted by Crippen LogP contribution is 2.13. The van der Waals surface area contributed by atoms with Crippen molar-refractivity contribution in [2.75, 3.05) is 6.61 Å². The smallest absolute Gasteiger partial charge is 0.338 e. The Balaban J connectivity index is 1.87. The second-order valence-electron chi connectivity index (χ2n) is 4.03. The number of rotatable bonds is 4. The summed E-state index contributed by atoms with van der Waals surface area (Å²) in [6.45, 7) is 0.311. The van der Waals surface area contributed by atoms with Crippen LogP contribution in [0.25, 0.3) is 0 Å². The second kappa shape index (κ2) is 6.60. The van der Waals surface area contributed by atoms with Crippen LogP contribution in [0.4, 0.5) is 0 Å². The number of hydrogen-bond donors (Lipinski definition) is 0. The van der Waals surface area contributed by atoms with Crippen molar-refractivity contribution in [3.05, 3.63) is 69.7 Å². The normalized spacial score (nSPS) is 10.2. The first-order valence-corrected chi connectivity index (χ1v) is 6.58. The van der Waals surface area contributed by atoms with Crippen LogP contribution >= 0.6 is 23.2 Å². The van der Waals surface area contributed by atoms with Gasteiger partial charge in [-0.25, -0.2) is 4.79 Å². The summed E-state index contributed by atoms with van der Waals surface area (Å²) in [5.74, 6) is -0.371. The summed E-state index contributed by atoms with van der Waals surface area (Å²) >= 11 is 11.7. The molecule has 19 heavy (non-hydrogen) atoms. The Kier molecular flexibility index (Phi) is 4.83. The SMILES string of the molecule is O=C(OCCc1cccc(Cl)c1)c1cccc(Cl)c1. The van der Waals surface area contributed by atoms with Gasteiger partial charge in [-0.05, 0) is 35.9 Å². The lowest BCUT2D eigenvalue weighted by Gasteiger charge is -2.05. The summed E-state index contributed by atoms with van der Waals surface area (Å²) < 4.78 is 5.19. The van der Waals surface area contributed by atoms with Gasteiger partial charge in [0.2, 0.25) is 0 Å². The van der Waals surface area contributed by atoms with E-state index in [9.17, 15) is 4.79 Å². The number of halogens is 2. The number of benzene rings is 2. The van der Waals surface area contributed by atoms with E-state index >= 15 is 0 Å². The zero-order chi connectivity index (χ0) is 13.7. The van der Waals surface area contributed by atoms with Gasteiger partial charge < -0.3 is 4.74 Å². The average Bonchev–Trinajstić information content (AvgIpc) is 2.38. The average molecular weight is 295 g/mol. The zero-order valence-electron chi connectivity index (χ0n) is 10.1. The van der Waals surface area contributed by atoms with E-state index < -0.39 is 0 Å². The Morgan fingerprint density at radius 2 is 1.68 bits per heavy atom. The van der Waals surface area contributed by atoms with Crippen LogP contribution in [0.3, 0.4) is 0 Å². The summed E-state index contributed by atoms with van der Waals surface area (Å²) in [5.41, 5.74) is 1.49. The monoisotopic (exact) mass is 294 g/mol. The van der Waals surface area contributed by atoms with Crippen LogP contribution < -0.4 is 0 Å². The molecular weight excluding hydrogens is 283 g/mol. The van der Waals surface area contributed by atoms with Crippen molar-refractivity contribution in [3.8, 4) is 0 Å². The maximum Gasteiger partial charge on any atom is 0.338 e. The van der Waals surface area contributed by atoms with Crippen molar-refractivity contribution in [1.82, 2.24) is 0 Å². The first-order chi connectivity index (χ1) is 9.15. The molecule has 0 aliphatic carbocycles. The van der Waals surface area contributed by atoms with Crippen molar-refractivity contribution >= 4 is 29.2 Å². The van der Waals surface area contributed by atoms with Crippen molar-refractivity contribution in [1.29, 1.82) is 0 Å². The molecule has 0 saturated heterocycles. The molecule has 4 heteroatoms. The maximum atomic E-state index is 11.7. The van der Waals surface area contributed by atoms with Crippen LogP contribution in [0.15, 0.2) is 48.5 Å². The lowest BCUT2D eigenvalue weighted by molar-refractivity contribution is 0.0509. The van der Waals surface area contributed by atoms with Crippen molar-refractivity contribution in [2.24, 2.45) is 0 Å². The molecule has 0 atom stereocenters. The van der Waals surface area contributed by atoms with Gasteiger partial charge in [-0.1, -0.05) is 41.4 Å². The fourth-order valence-electron chi connectivity index (χ4n) is 1.65. The van der Waals surface area contributed by atoms with Gasteiger partial charge in [0.15, 0.2) is 0 Å². The molecule has 2 nitrogen and oxygen atoms in total. The Morgan fingerprint density at radius 1 is 1.00 bits per heavy atom. The number of carbonyl (C=O) groups excluding carboxylic acids is 1. The fourth-order valence-corrected chi connectivity index (χ4v) is 2.06. The molecule has 0 aliphatic rings. The summed E-state index contributed by atoms with van der Waals surface area (Å²) in [5, 5.41) is 1.20. The molecule has 0 heterocycles. The quantitative estimate of drug-likeness (QED) is 0.782. The van der Waals surface area contributed by atoms with Crippen LogP contribution in [-0.4, -0.2) is 12.6 Å². The molecule has 0 amide bonds. The first-order valence-electron chi connectivity index (χ1n) is 5.82. The lowest BCUT2D eigenvalue weighted by atomic mass is 10.2. The third-order valence-electron chi connectivity index (χ3n) is 2.57. The van der Waals surface area contributed by atoms with Crippen LogP contribution in [-0.2, 0) is 11.2 Å². The van der Waals surface area contributed by atoms with E-state index in [1.807, 2.05) is 24.3 Å². The minimum absolute atomic E-state index is 0.311. The Morgan fingerprint density at radius 3 is 2.37 bits per heavy atom. The summed E-state index contributed by atoms with van der Waals surface area (Å²) in [4.78, 5) is 11.7. The molecule has 0 fully saturated rings. The standard InChI is InChI=1S/C15H12Cl2O2/c16-13-5-1-3-11(9-13)7-8-19-15(18)12-4-2-6-14(17)10-12/h1-6,9-10H,7-8H2. The van der Waals surface area contributed by atoms with Crippen molar-refractivity contribution < 1.29 is 9.53 Å². The molecule has 2 aromatic carbocycles. The highest BCUT2D eigenvalue weighted by atomic mass is 35.5. The van der Waals surface area contributed by atoms with Crippen molar-refractivity contribution in [2.45, 2.75) is 6.42 Å². The van der Waals surface area contributed by atoms with Gasteiger partial charge in [-0.15, -0.1) is 0 Å². The molecule has 0 N–H and O–H groups in total. The minimum atomic E-state index is -0.371. The van der Waals surface area contributed by atoms with Crippen LogP contribution in [0.2, 0.25) is 10.0 Å². The molecule has 0 unspecified atom stereocenters. The molecule has 0 bridgehead atoms. The van der Waals surface area contributed by atoms with E-state index in [1.54, 1.807) is 24.3 Å². The lowest BCUT2D eigenvalue weighted by Crippen LogP contribution is -2.08. The number of carbonyl (C=O) groups is 1. The van der Waals surface area contributed by atoms with E-state index in [4.69, 9.17) is 27.9 Å². The Hall–Kier alpha value is -1.51. The van der Waals surface area contributed by atoms with Crippen molar-refractivity contribution in [3.63, 3.8) is 0 Å². The van der Waals surface area contributed by atoms with Gasteiger partial charge in [-0.3, -0.25) is 0 Å². The summed E-state index contributed by atoms with van der Waals surface area (Å²) in [6.07, 6.45) is 0.632. The third kappa shape index (κ3) is 4.27. The van der Waals surface area contributed by atoms with Crippen LogP contribution in [0.1, 0.15) is 15.9 Å². The summed E-state index contributed by atoms with van der Waals surface area (Å²) in [6, 6.07) is 14.2. The molecule has 98 valence electrons. The molecule has 0 aliphatic heterocycles. The van der Waals surface area contributed by atoms with E-state index in [0.717, 1.165) is 5.56 Å². The number of ether oxygens (including phenoxy) is 1. The van der Waals surface area contributed by atoms with Crippen LogP contribution in [0.5, 0.6) is 0 Å². The number of hydrogen-bond acceptors (Lipinski definition) is 2. The fraction of sp³-hybridized carbons (Fsp3) is 0.133. The zero-order valence-corrected chi connectivity index (χ0v) is 11.6. The van der Waals surface area contributed by atoms with Crippen LogP contribution in [0, 0.1) is 0 Å². The van der Waals surface area contributed by atoms with Gasteiger partial charge in [0.05, 0.1) is 12.2 Å². The second-order valence-corrected chi connectivity index (χ2v) is 4.90. The third-order valence-corrected chi connectivity index (χ3v) is 3.04. The van der Waals surface area contributed by atoms with E-state index in [2.05, 4.69) is 0 Å². The predicted molar refractivity (Wildman–Crippen MR) is 76.9 cm³/mol. The Labute approximate surface area is 121 Å². The van der Waals surface area contributed by atoms with Gasteiger partial charge in [-0.2, -0.15) is 0 Å². The van der Waals surface area contributed by atoms with Gasteiger partial charge in [0.1, 0.15) is 0 Å². The molecule has 2 rings (SSSR count). The highest BCUT2D eigenvalue weighted by Gasteiger charge is 2.07. The molecule has 0 saturated carbocycles. The van der Waals surface area contributed by atoms with E-state index in [-0.39, 0.29) is 5.97 Å². The van der Waals surface area contributed by atoms with E-state index in [0.29, 0.717) is 28.6 Å². The maximum absolute atomic E-state index is 11.7. The molecule has 0 aromatic heterocycles. The largest absolute Gasteiger partial charge is 0.462 e. The van der Waals surface area contributed by atoms with Gasteiger partial charge >= 0.3 is 5.97 Å². The highest BCUT2D eigenvalue weighted by molar-refractivity contribution is 6.31. The molecule has 0 radical (unpaired) electrons. The topological polar surface area (TPSA) is 26.3 Å². The van der Waals surface area contributed by atoms with E-state index in [1.165, 1.54) is 0 Å².